The summed E-state index contributed by atoms with van der Waals surface area (Å²) >= 11 is 1.76. The highest BCUT2D eigenvalue weighted by atomic mass is 32.2. The Hall–Kier alpha value is -3.31. The normalized spacial score (nSPS) is 15.9. The first-order valence-corrected chi connectivity index (χ1v) is 10.6. The van der Waals surface area contributed by atoms with E-state index in [2.05, 4.69) is 18.2 Å². The zero-order valence-corrected chi connectivity index (χ0v) is 17.2. The van der Waals surface area contributed by atoms with E-state index in [0.717, 1.165) is 33.0 Å². The van der Waals surface area contributed by atoms with Crippen LogP contribution in [0.15, 0.2) is 98.0 Å². The first-order chi connectivity index (χ1) is 14.7. The molecule has 1 unspecified atom stereocenters. The van der Waals surface area contributed by atoms with Gasteiger partial charge in [-0.2, -0.15) is 0 Å². The van der Waals surface area contributed by atoms with Crippen LogP contribution in [0, 0.1) is 0 Å². The number of hydrogen-bond donors (Lipinski definition) is 0. The highest BCUT2D eigenvalue weighted by Crippen LogP contribution is 2.45. The fourth-order valence-corrected chi connectivity index (χ4v) is 4.88. The first-order valence-electron chi connectivity index (χ1n) is 9.72. The number of benzene rings is 3. The van der Waals surface area contributed by atoms with Gasteiger partial charge in [0.1, 0.15) is 11.3 Å². The lowest BCUT2D eigenvalue weighted by atomic mass is 10.0. The summed E-state index contributed by atoms with van der Waals surface area (Å²) in [6.45, 7) is 0. The minimum atomic E-state index is -0.356. The lowest BCUT2D eigenvalue weighted by molar-refractivity contribution is 0.414. The number of ether oxygens (including phenoxy) is 1. The van der Waals surface area contributed by atoms with E-state index in [-0.39, 0.29) is 10.9 Å². The van der Waals surface area contributed by atoms with Crippen LogP contribution in [-0.4, -0.2) is 12.8 Å². The second-order valence-corrected chi connectivity index (χ2v) is 8.34. The van der Waals surface area contributed by atoms with Crippen molar-refractivity contribution in [3.63, 3.8) is 0 Å². The van der Waals surface area contributed by atoms with Crippen LogP contribution < -0.4 is 10.4 Å². The molecular formula is C25H19NO3S. The predicted octanol–water partition coefficient (Wildman–Crippen LogP) is 6.16. The summed E-state index contributed by atoms with van der Waals surface area (Å²) in [5.74, 6) is 0.821. The van der Waals surface area contributed by atoms with Gasteiger partial charge in [-0.15, -0.1) is 11.8 Å². The Balaban J connectivity index is 1.64. The third-order valence-corrected chi connectivity index (χ3v) is 6.53. The minimum Gasteiger partial charge on any atom is -0.497 e. The maximum Gasteiger partial charge on any atom is 0.345 e. The molecule has 5 heteroatoms. The van der Waals surface area contributed by atoms with E-state index in [9.17, 15) is 4.79 Å². The predicted molar refractivity (Wildman–Crippen MR) is 121 cm³/mol. The molecule has 5 rings (SSSR count). The van der Waals surface area contributed by atoms with Gasteiger partial charge in [0.2, 0.25) is 0 Å². The average Bonchev–Trinajstić information content (AvgIpc) is 2.98. The van der Waals surface area contributed by atoms with Crippen molar-refractivity contribution in [3.05, 3.63) is 100 Å². The fraction of sp³-hybridized carbons (Fsp3) is 0.120. The van der Waals surface area contributed by atoms with Crippen molar-refractivity contribution in [2.24, 2.45) is 4.99 Å². The minimum absolute atomic E-state index is 0.115. The van der Waals surface area contributed by atoms with Crippen LogP contribution in [0.2, 0.25) is 0 Å². The van der Waals surface area contributed by atoms with Gasteiger partial charge in [0.15, 0.2) is 0 Å². The molecule has 1 aromatic heterocycles. The number of hydrogen-bond acceptors (Lipinski definition) is 5. The zero-order chi connectivity index (χ0) is 20.5. The maximum absolute atomic E-state index is 12.8. The molecule has 0 radical (unpaired) electrons. The molecule has 148 valence electrons. The van der Waals surface area contributed by atoms with Gasteiger partial charge >= 0.3 is 5.63 Å². The van der Waals surface area contributed by atoms with Gasteiger partial charge in [0.25, 0.3) is 0 Å². The fourth-order valence-electron chi connectivity index (χ4n) is 3.65. The molecule has 0 saturated carbocycles. The van der Waals surface area contributed by atoms with Crippen LogP contribution in [0.4, 0.5) is 5.69 Å². The SMILES string of the molecule is COc1ccc(C2CC(c3cc4ccccc4oc3=O)=Nc3ccccc3S2)cc1. The maximum atomic E-state index is 12.8. The lowest BCUT2D eigenvalue weighted by Crippen LogP contribution is -2.16. The van der Waals surface area contributed by atoms with Crippen molar-refractivity contribution in [2.75, 3.05) is 7.11 Å². The zero-order valence-electron chi connectivity index (χ0n) is 16.4. The number of thioether (sulfide) groups is 1. The summed E-state index contributed by atoms with van der Waals surface area (Å²) in [6, 6.07) is 25.6. The summed E-state index contributed by atoms with van der Waals surface area (Å²) in [4.78, 5) is 18.8. The molecule has 0 saturated heterocycles. The molecule has 0 bridgehead atoms. The van der Waals surface area contributed by atoms with Crippen LogP contribution in [0.25, 0.3) is 11.0 Å². The van der Waals surface area contributed by atoms with E-state index in [1.54, 1.807) is 24.9 Å². The summed E-state index contributed by atoms with van der Waals surface area (Å²) < 4.78 is 10.9. The number of methoxy groups -OCH3 is 1. The van der Waals surface area contributed by atoms with Gasteiger partial charge in [-0.3, -0.25) is 4.99 Å². The van der Waals surface area contributed by atoms with Gasteiger partial charge in [0, 0.05) is 22.0 Å². The molecule has 0 fully saturated rings. The Labute approximate surface area is 178 Å². The van der Waals surface area contributed by atoms with Crippen LogP contribution in [0.5, 0.6) is 5.75 Å². The van der Waals surface area contributed by atoms with E-state index in [1.807, 2.05) is 54.6 Å². The monoisotopic (exact) mass is 413 g/mol. The molecule has 0 amide bonds. The van der Waals surface area contributed by atoms with Crippen LogP contribution in [-0.2, 0) is 0 Å². The molecule has 4 nitrogen and oxygen atoms in total. The van der Waals surface area contributed by atoms with Crippen molar-refractivity contribution < 1.29 is 9.15 Å². The van der Waals surface area contributed by atoms with E-state index >= 15 is 0 Å². The van der Waals surface area contributed by atoms with Crippen molar-refractivity contribution in [1.82, 2.24) is 0 Å². The molecule has 3 aromatic carbocycles. The highest BCUT2D eigenvalue weighted by Gasteiger charge is 2.24. The van der Waals surface area contributed by atoms with Gasteiger partial charge in [-0.05, 0) is 42.0 Å². The lowest BCUT2D eigenvalue weighted by Gasteiger charge is -2.16. The molecule has 0 aliphatic carbocycles. The van der Waals surface area contributed by atoms with Crippen molar-refractivity contribution in [3.8, 4) is 5.75 Å². The van der Waals surface area contributed by atoms with Crippen LogP contribution in [0.3, 0.4) is 0 Å². The second-order valence-electron chi connectivity index (χ2n) is 7.10. The van der Waals surface area contributed by atoms with E-state index in [0.29, 0.717) is 17.6 Å². The topological polar surface area (TPSA) is 51.8 Å². The Morgan fingerprint density at radius 2 is 1.77 bits per heavy atom. The van der Waals surface area contributed by atoms with Crippen molar-refractivity contribution in [1.29, 1.82) is 0 Å². The number of rotatable bonds is 3. The molecule has 0 spiro atoms. The third kappa shape index (κ3) is 3.53. The molecule has 1 aliphatic rings. The van der Waals surface area contributed by atoms with E-state index in [4.69, 9.17) is 14.1 Å². The molecule has 30 heavy (non-hydrogen) atoms. The summed E-state index contributed by atoms with van der Waals surface area (Å²) in [5, 5.41) is 1.00. The van der Waals surface area contributed by atoms with Crippen LogP contribution >= 0.6 is 11.8 Å². The molecule has 1 aliphatic heterocycles. The largest absolute Gasteiger partial charge is 0.497 e. The van der Waals surface area contributed by atoms with Gasteiger partial charge in [0.05, 0.1) is 24.1 Å². The van der Waals surface area contributed by atoms with Gasteiger partial charge in [-0.25, -0.2) is 4.79 Å². The first kappa shape index (κ1) is 18.7. The Kier molecular flexibility index (Phi) is 4.89. The smallest absolute Gasteiger partial charge is 0.345 e. The number of aliphatic imine (C=N–C) groups is 1. The van der Waals surface area contributed by atoms with Crippen molar-refractivity contribution in [2.45, 2.75) is 16.6 Å². The standard InChI is InChI=1S/C25H19NO3S/c1-28-18-12-10-16(11-13-18)24-15-21(26-20-7-3-5-9-23(20)30-24)19-14-17-6-2-4-8-22(17)29-25(19)27/h2-14,24H,15H2,1H3. The molecule has 1 atom stereocenters. The molecule has 4 aromatic rings. The summed E-state index contributed by atoms with van der Waals surface area (Å²) in [6.07, 6.45) is 0.620. The average molecular weight is 413 g/mol. The van der Waals surface area contributed by atoms with Gasteiger partial charge < -0.3 is 9.15 Å². The number of para-hydroxylation sites is 2. The quantitative estimate of drug-likeness (QED) is 0.378. The molecule has 0 N–H and O–H groups in total. The Morgan fingerprint density at radius 3 is 2.60 bits per heavy atom. The van der Waals surface area contributed by atoms with Crippen molar-refractivity contribution >= 4 is 34.1 Å². The molecular weight excluding hydrogens is 394 g/mol. The Morgan fingerprint density at radius 1 is 1.00 bits per heavy atom. The van der Waals surface area contributed by atoms with E-state index < -0.39 is 0 Å². The highest BCUT2D eigenvalue weighted by molar-refractivity contribution is 7.99. The van der Waals surface area contributed by atoms with Crippen LogP contribution in [0.1, 0.15) is 22.8 Å². The Bertz CT molecular complexity index is 1310. The van der Waals surface area contributed by atoms with Gasteiger partial charge in [-0.1, -0.05) is 42.5 Å². The number of nitrogens with zero attached hydrogens (tertiary/aromatic N) is 1. The second kappa shape index (κ2) is 7.84. The summed E-state index contributed by atoms with van der Waals surface area (Å²) in [7, 11) is 1.66. The summed E-state index contributed by atoms with van der Waals surface area (Å²) in [5.41, 5.74) is 3.53. The van der Waals surface area contributed by atoms with E-state index in [1.165, 1.54) is 0 Å². The number of fused-ring (bicyclic) bond motifs is 2. The molecule has 2 heterocycles. The third-order valence-electron chi connectivity index (χ3n) is 5.21.